The molecule has 0 heterocycles. The molecule has 0 aliphatic carbocycles. The van der Waals surface area contributed by atoms with Crippen molar-refractivity contribution in [2.75, 3.05) is 0 Å². The molecule has 0 saturated heterocycles. The number of hydrogen-bond donors (Lipinski definition) is 0. The molecule has 0 aromatic rings. The summed E-state index contributed by atoms with van der Waals surface area (Å²) in [4.78, 5) is 0. The molecule has 0 spiro atoms. The fourth-order valence-corrected chi connectivity index (χ4v) is 0. The monoisotopic (exact) mass is 193 g/mol. The van der Waals surface area contributed by atoms with Crippen LogP contribution in [-0.2, 0) is 0 Å². The molecule has 7 heavy (non-hydrogen) atoms. The highest BCUT2D eigenvalue weighted by Gasteiger charge is 2.25. The second-order valence-electron chi connectivity index (χ2n) is 0.904. The van der Waals surface area contributed by atoms with E-state index < -0.39 is 8.79 Å². The molecule has 0 nitrogen and oxygen atoms in total. The Kier molecular flexibility index (Phi) is 3.33. The Balaban J connectivity index is 3.54. The van der Waals surface area contributed by atoms with Gasteiger partial charge in [-0.2, -0.15) is 0 Å². The summed E-state index contributed by atoms with van der Waals surface area (Å²) in [6, 6.07) is 0. The molecular weight excluding hydrogens is 194 g/mol. The van der Waals surface area contributed by atoms with Gasteiger partial charge in [-0.3, -0.25) is 0 Å². The van der Waals surface area contributed by atoms with Crippen LogP contribution in [0, 0.1) is 0 Å². The van der Waals surface area contributed by atoms with E-state index in [9.17, 15) is 0 Å². The summed E-state index contributed by atoms with van der Waals surface area (Å²) in [6.45, 7) is 0. The van der Waals surface area contributed by atoms with Gasteiger partial charge >= 0.3 is 0 Å². The first-order valence-electron chi connectivity index (χ1n) is 1.36. The first-order valence-corrected chi connectivity index (χ1v) is 3.51. The Hall–Kier alpha value is 1.38. The standard InChI is InChI=1S/C2HCl4Si/c3-1(7)2(4,5)6/h1H. The Bertz CT molecular complexity index is 55.2. The molecule has 0 amide bonds. The van der Waals surface area contributed by atoms with Crippen LogP contribution in [0.15, 0.2) is 0 Å². The van der Waals surface area contributed by atoms with Crippen LogP contribution < -0.4 is 0 Å². The van der Waals surface area contributed by atoms with Crippen molar-refractivity contribution in [2.24, 2.45) is 0 Å². The van der Waals surface area contributed by atoms with E-state index in [4.69, 9.17) is 46.4 Å². The summed E-state index contributed by atoms with van der Waals surface area (Å²) in [5.74, 6) is 0. The van der Waals surface area contributed by atoms with Crippen LogP contribution in [-0.4, -0.2) is 19.0 Å². The summed E-state index contributed by atoms with van der Waals surface area (Å²) in [5, 5.41) is -0.627. The van der Waals surface area contributed by atoms with Crippen LogP contribution in [0.3, 0.4) is 0 Å². The molecule has 0 fully saturated rings. The van der Waals surface area contributed by atoms with E-state index in [2.05, 4.69) is 10.2 Å². The quantitative estimate of drug-likeness (QED) is 0.410. The summed E-state index contributed by atoms with van der Waals surface area (Å²) in [7, 11) is 2.91. The van der Waals surface area contributed by atoms with Crippen LogP contribution in [0.25, 0.3) is 0 Å². The highest BCUT2D eigenvalue weighted by molar-refractivity contribution is 6.73. The fourth-order valence-electron chi connectivity index (χ4n) is 0. The normalized spacial score (nSPS) is 16.7. The molecule has 1 unspecified atom stereocenters. The van der Waals surface area contributed by atoms with Crippen molar-refractivity contribution < 1.29 is 0 Å². The lowest BCUT2D eigenvalue weighted by Gasteiger charge is -2.11. The zero-order chi connectivity index (χ0) is 6.08. The molecule has 0 bridgehead atoms. The van der Waals surface area contributed by atoms with Gasteiger partial charge in [0, 0.05) is 0 Å². The zero-order valence-corrected chi connectivity index (χ0v) is 7.11. The maximum atomic E-state index is 5.27. The number of rotatable bonds is 0. The summed E-state index contributed by atoms with van der Waals surface area (Å²) in [6.07, 6.45) is 0. The van der Waals surface area contributed by atoms with E-state index in [1.165, 1.54) is 0 Å². The third-order valence-corrected chi connectivity index (χ3v) is 2.59. The number of halogens is 4. The second-order valence-corrected chi connectivity index (χ2v) is 4.65. The van der Waals surface area contributed by atoms with E-state index in [1.807, 2.05) is 0 Å². The van der Waals surface area contributed by atoms with E-state index in [1.54, 1.807) is 0 Å². The average Bonchev–Trinajstić information content (AvgIpc) is 1.31. The molecule has 0 N–H and O–H groups in total. The third kappa shape index (κ3) is 3.92. The Morgan fingerprint density at radius 1 is 1.29 bits per heavy atom. The van der Waals surface area contributed by atoms with E-state index in [0.717, 1.165) is 0 Å². The summed E-state index contributed by atoms with van der Waals surface area (Å²) in [5.41, 5.74) is 0. The van der Waals surface area contributed by atoms with Gasteiger partial charge in [-0.1, -0.05) is 34.8 Å². The van der Waals surface area contributed by atoms with Crippen LogP contribution in [0.4, 0.5) is 0 Å². The minimum atomic E-state index is -1.40. The summed E-state index contributed by atoms with van der Waals surface area (Å²) >= 11 is 20.9. The number of alkyl halides is 4. The van der Waals surface area contributed by atoms with Crippen LogP contribution in [0.1, 0.15) is 0 Å². The van der Waals surface area contributed by atoms with Gasteiger partial charge in [0.2, 0.25) is 3.79 Å². The lowest BCUT2D eigenvalue weighted by Crippen LogP contribution is -2.18. The van der Waals surface area contributed by atoms with Gasteiger partial charge in [-0.25, -0.2) is 0 Å². The Labute approximate surface area is 65.5 Å². The number of hydrogen-bond acceptors (Lipinski definition) is 0. The lowest BCUT2D eigenvalue weighted by molar-refractivity contribution is 1.19. The first kappa shape index (κ1) is 8.38. The van der Waals surface area contributed by atoms with Crippen molar-refractivity contribution in [2.45, 2.75) is 8.79 Å². The highest BCUT2D eigenvalue weighted by atomic mass is 35.6. The molecule has 0 rings (SSSR count). The van der Waals surface area contributed by atoms with E-state index in [0.29, 0.717) is 0 Å². The first-order chi connectivity index (χ1) is 2.94. The van der Waals surface area contributed by atoms with Gasteiger partial charge < -0.3 is 0 Å². The molecule has 0 aliphatic rings. The van der Waals surface area contributed by atoms with E-state index >= 15 is 0 Å². The topological polar surface area (TPSA) is 0 Å². The fraction of sp³-hybridized carbons (Fsp3) is 1.00. The SMILES string of the molecule is [Si]C(Cl)C(Cl)(Cl)Cl. The Morgan fingerprint density at radius 2 is 1.43 bits per heavy atom. The lowest BCUT2D eigenvalue weighted by atomic mass is 10.9. The molecule has 41 valence electrons. The van der Waals surface area contributed by atoms with Crippen molar-refractivity contribution in [1.29, 1.82) is 0 Å². The van der Waals surface area contributed by atoms with Gasteiger partial charge in [0.15, 0.2) is 0 Å². The molecule has 0 saturated carbocycles. The maximum absolute atomic E-state index is 5.27. The predicted octanol–water partition coefficient (Wildman–Crippen LogP) is 2.09. The van der Waals surface area contributed by atoms with Crippen molar-refractivity contribution in [3.63, 3.8) is 0 Å². The molecule has 0 aromatic carbocycles. The van der Waals surface area contributed by atoms with Crippen LogP contribution in [0.5, 0.6) is 0 Å². The average molecular weight is 195 g/mol. The maximum Gasteiger partial charge on any atom is 0.203 e. The van der Waals surface area contributed by atoms with Gasteiger partial charge in [0.1, 0.15) is 0 Å². The van der Waals surface area contributed by atoms with Gasteiger partial charge in [-0.05, 0) is 0 Å². The molecule has 0 aliphatic heterocycles. The zero-order valence-electron chi connectivity index (χ0n) is 3.09. The summed E-state index contributed by atoms with van der Waals surface area (Å²) < 4.78 is -1.40. The highest BCUT2D eigenvalue weighted by Crippen LogP contribution is 2.31. The van der Waals surface area contributed by atoms with Crippen molar-refractivity contribution in [1.82, 2.24) is 0 Å². The van der Waals surface area contributed by atoms with Gasteiger partial charge in [-0.15, -0.1) is 11.6 Å². The van der Waals surface area contributed by atoms with Gasteiger partial charge in [0.05, 0.1) is 15.2 Å². The second kappa shape index (κ2) is 2.79. The molecule has 1 atom stereocenters. The third-order valence-electron chi connectivity index (χ3n) is 0.287. The van der Waals surface area contributed by atoms with Crippen molar-refractivity contribution >= 4 is 56.6 Å². The molecule has 5 heteroatoms. The largest absolute Gasteiger partial charge is 0.203 e. The minimum absolute atomic E-state index is 0.627. The van der Waals surface area contributed by atoms with Gasteiger partial charge in [0.25, 0.3) is 0 Å². The van der Waals surface area contributed by atoms with Crippen molar-refractivity contribution in [3.8, 4) is 0 Å². The van der Waals surface area contributed by atoms with E-state index in [-0.39, 0.29) is 0 Å². The smallest absolute Gasteiger partial charge is 0.123 e. The van der Waals surface area contributed by atoms with Crippen LogP contribution in [0.2, 0.25) is 0 Å². The predicted molar refractivity (Wildman–Crippen MR) is 35.7 cm³/mol. The molecular formula is C2HCl4Si. The molecule has 3 radical (unpaired) electrons. The van der Waals surface area contributed by atoms with Crippen LogP contribution >= 0.6 is 46.4 Å². The van der Waals surface area contributed by atoms with Crippen molar-refractivity contribution in [3.05, 3.63) is 0 Å². The molecule has 0 aromatic heterocycles. The Morgan fingerprint density at radius 3 is 1.43 bits per heavy atom. The minimum Gasteiger partial charge on any atom is -0.123 e.